The van der Waals surface area contributed by atoms with E-state index in [1.54, 1.807) is 12.7 Å². The molecule has 3 aromatic rings. The minimum Gasteiger partial charge on any atom is -0.308 e. The van der Waals surface area contributed by atoms with E-state index in [2.05, 4.69) is 16.3 Å². The summed E-state index contributed by atoms with van der Waals surface area (Å²) in [6, 6.07) is 16.2. The van der Waals surface area contributed by atoms with Gasteiger partial charge in [-0.2, -0.15) is 0 Å². The van der Waals surface area contributed by atoms with Crippen molar-refractivity contribution in [1.29, 1.82) is 0 Å². The molecular formula is C18H16N4O. The Morgan fingerprint density at radius 3 is 2.52 bits per heavy atom. The average Bonchev–Trinajstić information content (AvgIpc) is 3.13. The Labute approximate surface area is 134 Å². The van der Waals surface area contributed by atoms with Crippen LogP contribution in [-0.4, -0.2) is 20.7 Å². The van der Waals surface area contributed by atoms with Crippen molar-refractivity contribution in [2.45, 2.75) is 19.4 Å². The number of hydrogen-bond acceptors (Lipinski definition) is 3. The van der Waals surface area contributed by atoms with E-state index in [-0.39, 0.29) is 5.91 Å². The molecule has 0 saturated carbocycles. The molecule has 0 unspecified atom stereocenters. The molecule has 0 N–H and O–H groups in total. The number of benzene rings is 2. The number of carbonyl (C=O) groups is 1. The molecule has 0 bridgehead atoms. The normalized spacial score (nSPS) is 13.9. The minimum atomic E-state index is 0.179. The van der Waals surface area contributed by atoms with E-state index < -0.39 is 0 Å². The van der Waals surface area contributed by atoms with Crippen LogP contribution < -0.4 is 4.90 Å². The number of hydrogen-bond donors (Lipinski definition) is 0. The lowest BCUT2D eigenvalue weighted by Crippen LogP contribution is -2.34. The molecule has 0 atom stereocenters. The monoisotopic (exact) mass is 304 g/mol. The molecule has 2 heterocycles. The number of aryl methyl sites for hydroxylation is 1. The minimum absolute atomic E-state index is 0.179. The molecule has 2 aromatic carbocycles. The molecule has 0 spiro atoms. The molecule has 1 amide bonds. The number of nitrogens with zero attached hydrogens (tertiary/aromatic N) is 4. The molecule has 1 aliphatic heterocycles. The second kappa shape index (κ2) is 5.68. The largest absolute Gasteiger partial charge is 0.308 e. The van der Waals surface area contributed by atoms with Crippen LogP contribution in [0.1, 0.15) is 17.5 Å². The van der Waals surface area contributed by atoms with Crippen LogP contribution in [0.3, 0.4) is 0 Å². The van der Waals surface area contributed by atoms with Crippen molar-refractivity contribution in [2.75, 3.05) is 4.90 Å². The van der Waals surface area contributed by atoms with E-state index in [1.165, 1.54) is 5.56 Å². The van der Waals surface area contributed by atoms with E-state index in [4.69, 9.17) is 0 Å². The Hall–Kier alpha value is -2.95. The van der Waals surface area contributed by atoms with Gasteiger partial charge in [-0.3, -0.25) is 9.36 Å². The van der Waals surface area contributed by atoms with Crippen molar-refractivity contribution in [2.24, 2.45) is 0 Å². The van der Waals surface area contributed by atoms with E-state index in [0.717, 1.165) is 23.4 Å². The van der Waals surface area contributed by atoms with Crippen molar-refractivity contribution < 1.29 is 4.79 Å². The zero-order valence-corrected chi connectivity index (χ0v) is 12.6. The van der Waals surface area contributed by atoms with Gasteiger partial charge in [0.05, 0.1) is 6.54 Å². The number of amides is 1. The summed E-state index contributed by atoms with van der Waals surface area (Å²) in [7, 11) is 0. The maximum atomic E-state index is 12.4. The lowest BCUT2D eigenvalue weighted by Gasteiger charge is -2.30. The summed E-state index contributed by atoms with van der Waals surface area (Å²) in [5.74, 6) is 0.179. The van der Waals surface area contributed by atoms with Crippen molar-refractivity contribution >= 4 is 11.6 Å². The standard InChI is InChI=1S/C18H16N4O/c23-18-9-6-15-10-16(21-12-19-20-13-21)7-8-17(15)22(18)11-14-4-2-1-3-5-14/h1-5,7-8,10,12-13H,6,9,11H2. The maximum absolute atomic E-state index is 12.4. The lowest BCUT2D eigenvalue weighted by atomic mass is 9.99. The van der Waals surface area contributed by atoms with Gasteiger partial charge >= 0.3 is 0 Å². The molecular weight excluding hydrogens is 288 g/mol. The van der Waals surface area contributed by atoms with E-state index >= 15 is 0 Å². The van der Waals surface area contributed by atoms with Crippen LogP contribution in [0.5, 0.6) is 0 Å². The first kappa shape index (κ1) is 13.7. The number of carbonyl (C=O) groups excluding carboxylic acids is 1. The Bertz CT molecular complexity index is 827. The number of rotatable bonds is 3. The van der Waals surface area contributed by atoms with E-state index in [9.17, 15) is 4.79 Å². The summed E-state index contributed by atoms with van der Waals surface area (Å²) >= 11 is 0. The van der Waals surface area contributed by atoms with Crippen molar-refractivity contribution in [3.8, 4) is 5.69 Å². The third-order valence-electron chi connectivity index (χ3n) is 4.16. The Morgan fingerprint density at radius 2 is 1.74 bits per heavy atom. The molecule has 0 radical (unpaired) electrons. The maximum Gasteiger partial charge on any atom is 0.227 e. The lowest BCUT2D eigenvalue weighted by molar-refractivity contribution is -0.119. The smallest absolute Gasteiger partial charge is 0.227 e. The molecule has 5 heteroatoms. The predicted octanol–water partition coefficient (Wildman–Crippen LogP) is 2.75. The fourth-order valence-corrected chi connectivity index (χ4v) is 2.98. The number of anilines is 1. The van der Waals surface area contributed by atoms with Crippen LogP contribution in [0, 0.1) is 0 Å². The number of fused-ring (bicyclic) bond motifs is 1. The molecule has 0 saturated heterocycles. The Kier molecular flexibility index (Phi) is 3.38. The topological polar surface area (TPSA) is 51.0 Å². The zero-order valence-electron chi connectivity index (χ0n) is 12.6. The van der Waals surface area contributed by atoms with Crippen LogP contribution in [0.4, 0.5) is 5.69 Å². The first-order chi connectivity index (χ1) is 11.3. The van der Waals surface area contributed by atoms with Crippen LogP contribution in [-0.2, 0) is 17.8 Å². The predicted molar refractivity (Wildman–Crippen MR) is 87.3 cm³/mol. The number of aromatic nitrogens is 3. The van der Waals surface area contributed by atoms with Gasteiger partial charge in [0.1, 0.15) is 12.7 Å². The zero-order chi connectivity index (χ0) is 15.6. The Balaban J connectivity index is 1.69. The second-order valence-electron chi connectivity index (χ2n) is 5.65. The van der Waals surface area contributed by atoms with Crippen molar-refractivity contribution in [3.05, 3.63) is 72.3 Å². The highest BCUT2D eigenvalue weighted by Crippen LogP contribution is 2.31. The van der Waals surface area contributed by atoms with Gasteiger partial charge in [0.25, 0.3) is 0 Å². The fourth-order valence-electron chi connectivity index (χ4n) is 2.98. The molecule has 23 heavy (non-hydrogen) atoms. The highest BCUT2D eigenvalue weighted by atomic mass is 16.2. The first-order valence-corrected chi connectivity index (χ1v) is 7.63. The van der Waals surface area contributed by atoms with Crippen LogP contribution in [0.15, 0.2) is 61.2 Å². The molecule has 114 valence electrons. The summed E-state index contributed by atoms with van der Waals surface area (Å²) in [6.45, 7) is 0.610. The second-order valence-corrected chi connectivity index (χ2v) is 5.65. The van der Waals surface area contributed by atoms with Crippen LogP contribution in [0.25, 0.3) is 5.69 Å². The van der Waals surface area contributed by atoms with E-state index in [0.29, 0.717) is 13.0 Å². The molecule has 1 aromatic heterocycles. The fraction of sp³-hybridized carbons (Fsp3) is 0.167. The summed E-state index contributed by atoms with van der Waals surface area (Å²) < 4.78 is 1.87. The third kappa shape index (κ3) is 2.61. The van der Waals surface area contributed by atoms with Gasteiger partial charge in [-0.15, -0.1) is 10.2 Å². The Morgan fingerprint density at radius 1 is 0.957 bits per heavy atom. The first-order valence-electron chi connectivity index (χ1n) is 7.63. The SMILES string of the molecule is O=C1CCc2cc(-n3cnnc3)ccc2N1Cc1ccccc1. The summed E-state index contributed by atoms with van der Waals surface area (Å²) in [6.07, 6.45) is 4.68. The van der Waals surface area contributed by atoms with Crippen molar-refractivity contribution in [1.82, 2.24) is 14.8 Å². The van der Waals surface area contributed by atoms with Gasteiger partial charge in [0.15, 0.2) is 0 Å². The quantitative estimate of drug-likeness (QED) is 0.747. The van der Waals surface area contributed by atoms with E-state index in [1.807, 2.05) is 51.9 Å². The van der Waals surface area contributed by atoms with Crippen molar-refractivity contribution in [3.63, 3.8) is 0 Å². The van der Waals surface area contributed by atoms with Crippen LogP contribution >= 0.6 is 0 Å². The third-order valence-corrected chi connectivity index (χ3v) is 4.16. The van der Waals surface area contributed by atoms with Gasteiger partial charge < -0.3 is 4.90 Å². The van der Waals surface area contributed by atoms with Gasteiger partial charge in [-0.05, 0) is 35.7 Å². The average molecular weight is 304 g/mol. The van der Waals surface area contributed by atoms with Gasteiger partial charge in [0.2, 0.25) is 5.91 Å². The molecule has 4 rings (SSSR count). The molecule has 5 nitrogen and oxygen atoms in total. The van der Waals surface area contributed by atoms with Gasteiger partial charge in [-0.1, -0.05) is 30.3 Å². The van der Waals surface area contributed by atoms with Crippen LogP contribution in [0.2, 0.25) is 0 Å². The highest BCUT2D eigenvalue weighted by molar-refractivity contribution is 5.96. The summed E-state index contributed by atoms with van der Waals surface area (Å²) in [5.41, 5.74) is 4.34. The summed E-state index contributed by atoms with van der Waals surface area (Å²) in [5, 5.41) is 7.68. The highest BCUT2D eigenvalue weighted by Gasteiger charge is 2.24. The van der Waals surface area contributed by atoms with Gasteiger partial charge in [0, 0.05) is 17.8 Å². The molecule has 0 fully saturated rings. The van der Waals surface area contributed by atoms with Gasteiger partial charge in [-0.25, -0.2) is 0 Å². The molecule has 1 aliphatic rings. The molecule has 0 aliphatic carbocycles. The summed E-state index contributed by atoms with van der Waals surface area (Å²) in [4.78, 5) is 14.3.